The van der Waals surface area contributed by atoms with Crippen LogP contribution in [0, 0.1) is 0 Å². The lowest BCUT2D eigenvalue weighted by molar-refractivity contribution is 0.0988. The molecule has 1 fully saturated rings. The number of carbonyl (C=O) groups is 1. The lowest BCUT2D eigenvalue weighted by atomic mass is 10.1. The average molecular weight is 233 g/mol. The van der Waals surface area contributed by atoms with E-state index in [1.54, 1.807) is 24.2 Å². The summed E-state index contributed by atoms with van der Waals surface area (Å²) in [5, 5.41) is 7.70. The number of pyridine rings is 1. The van der Waals surface area contributed by atoms with Crippen LogP contribution >= 0.6 is 11.8 Å². The highest BCUT2D eigenvalue weighted by molar-refractivity contribution is 8.00. The molecule has 1 saturated heterocycles. The van der Waals surface area contributed by atoms with Gasteiger partial charge in [-0.15, -0.1) is 0 Å². The number of ketones is 1. The number of fused-ring (bicyclic) bond motifs is 1. The van der Waals surface area contributed by atoms with Crippen LogP contribution in [0.3, 0.4) is 0 Å². The molecular weight excluding hydrogens is 222 g/mol. The van der Waals surface area contributed by atoms with Gasteiger partial charge in [-0.25, -0.2) is 4.98 Å². The minimum atomic E-state index is 0.131. The summed E-state index contributed by atoms with van der Waals surface area (Å²) >= 11 is 1.75. The van der Waals surface area contributed by atoms with E-state index in [0.717, 1.165) is 29.6 Å². The van der Waals surface area contributed by atoms with E-state index in [4.69, 9.17) is 0 Å². The summed E-state index contributed by atoms with van der Waals surface area (Å²) in [5.41, 5.74) is 1.43. The summed E-state index contributed by atoms with van der Waals surface area (Å²) in [4.78, 5) is 16.3. The second-order valence-corrected chi connectivity index (χ2v) is 5.21. The van der Waals surface area contributed by atoms with E-state index in [9.17, 15) is 4.79 Å². The van der Waals surface area contributed by atoms with Gasteiger partial charge in [-0.3, -0.25) is 9.89 Å². The Morgan fingerprint density at radius 1 is 1.50 bits per heavy atom. The maximum Gasteiger partial charge on any atom is 0.177 e. The molecule has 1 aliphatic rings. The normalized spacial score (nSPS) is 20.4. The average Bonchev–Trinajstić information content (AvgIpc) is 2.98. The number of hydrogen-bond acceptors (Lipinski definition) is 4. The monoisotopic (exact) mass is 233 g/mol. The van der Waals surface area contributed by atoms with Crippen LogP contribution in [0.5, 0.6) is 0 Å². The number of nitrogens with one attached hydrogen (secondary N) is 1. The van der Waals surface area contributed by atoms with E-state index >= 15 is 0 Å². The van der Waals surface area contributed by atoms with Gasteiger partial charge in [0.05, 0.1) is 11.4 Å². The zero-order valence-electron chi connectivity index (χ0n) is 8.64. The first-order valence-corrected chi connectivity index (χ1v) is 6.34. The highest BCUT2D eigenvalue weighted by Gasteiger charge is 2.24. The van der Waals surface area contributed by atoms with Gasteiger partial charge >= 0.3 is 0 Å². The Kier molecular flexibility index (Phi) is 2.40. The van der Waals surface area contributed by atoms with E-state index in [2.05, 4.69) is 15.2 Å². The molecule has 0 bridgehead atoms. The standard InChI is InChI=1S/C11H11N3OS/c15-10(9-2-1-3-16-9)7-4-8-6-13-14-11(8)12-5-7/h4-6,9H,1-3H2,(H,12,13,14). The van der Waals surface area contributed by atoms with Crippen molar-refractivity contribution < 1.29 is 4.79 Å². The Bertz CT molecular complexity index is 531. The number of thioether (sulfide) groups is 1. The van der Waals surface area contributed by atoms with Gasteiger partial charge in [0.2, 0.25) is 0 Å². The highest BCUT2D eigenvalue weighted by atomic mass is 32.2. The van der Waals surface area contributed by atoms with Crippen LogP contribution in [0.2, 0.25) is 0 Å². The van der Waals surface area contributed by atoms with Crippen LogP contribution in [0.15, 0.2) is 18.5 Å². The molecule has 0 aromatic carbocycles. The highest BCUT2D eigenvalue weighted by Crippen LogP contribution is 2.29. The van der Waals surface area contributed by atoms with Gasteiger partial charge in [0.1, 0.15) is 0 Å². The number of hydrogen-bond donors (Lipinski definition) is 1. The molecule has 0 spiro atoms. The number of Topliss-reactive ketones (excluding diaryl/α,β-unsaturated/α-hetero) is 1. The molecule has 2 aromatic rings. The maximum atomic E-state index is 12.1. The predicted octanol–water partition coefficient (Wildman–Crippen LogP) is 2.04. The van der Waals surface area contributed by atoms with Crippen molar-refractivity contribution in [1.29, 1.82) is 0 Å². The second kappa shape index (κ2) is 3.90. The van der Waals surface area contributed by atoms with Crippen molar-refractivity contribution >= 4 is 28.6 Å². The van der Waals surface area contributed by atoms with Crippen molar-refractivity contribution in [3.05, 3.63) is 24.0 Å². The summed E-state index contributed by atoms with van der Waals surface area (Å²) in [5.74, 6) is 1.30. The summed E-state index contributed by atoms with van der Waals surface area (Å²) in [6.07, 6.45) is 5.47. The fourth-order valence-electron chi connectivity index (χ4n) is 1.94. The van der Waals surface area contributed by atoms with Crippen molar-refractivity contribution in [3.8, 4) is 0 Å². The molecule has 1 atom stereocenters. The van der Waals surface area contributed by atoms with E-state index < -0.39 is 0 Å². The van der Waals surface area contributed by atoms with Gasteiger partial charge in [0.15, 0.2) is 11.4 Å². The van der Waals surface area contributed by atoms with Crippen LogP contribution in [-0.4, -0.2) is 32.0 Å². The second-order valence-electron chi connectivity index (χ2n) is 3.90. The van der Waals surface area contributed by atoms with Gasteiger partial charge < -0.3 is 0 Å². The number of H-pyrrole nitrogens is 1. The number of rotatable bonds is 2. The Morgan fingerprint density at radius 2 is 2.44 bits per heavy atom. The van der Waals surface area contributed by atoms with Crippen molar-refractivity contribution in [2.24, 2.45) is 0 Å². The number of aromatic amines is 1. The zero-order valence-corrected chi connectivity index (χ0v) is 9.46. The summed E-state index contributed by atoms with van der Waals surface area (Å²) in [6, 6.07) is 1.87. The molecule has 0 radical (unpaired) electrons. The topological polar surface area (TPSA) is 58.6 Å². The summed E-state index contributed by atoms with van der Waals surface area (Å²) in [7, 11) is 0. The van der Waals surface area contributed by atoms with Crippen LogP contribution in [0.25, 0.3) is 11.0 Å². The zero-order chi connectivity index (χ0) is 11.0. The van der Waals surface area contributed by atoms with Crippen molar-refractivity contribution in [3.63, 3.8) is 0 Å². The van der Waals surface area contributed by atoms with Crippen LogP contribution in [0.4, 0.5) is 0 Å². The smallest absolute Gasteiger partial charge is 0.177 e. The third kappa shape index (κ3) is 1.61. The fourth-order valence-corrected chi connectivity index (χ4v) is 3.18. The lowest BCUT2D eigenvalue weighted by Gasteiger charge is -2.06. The molecular formula is C11H11N3OS. The Morgan fingerprint density at radius 3 is 3.25 bits per heavy atom. The van der Waals surface area contributed by atoms with Crippen LogP contribution in [0.1, 0.15) is 23.2 Å². The molecule has 0 amide bonds. The van der Waals surface area contributed by atoms with Gasteiger partial charge in [0, 0.05) is 17.1 Å². The molecule has 0 saturated carbocycles. The minimum absolute atomic E-state index is 0.131. The van der Waals surface area contributed by atoms with Crippen molar-refractivity contribution in [2.75, 3.05) is 5.75 Å². The maximum absolute atomic E-state index is 12.1. The Hall–Kier alpha value is -1.36. The van der Waals surface area contributed by atoms with Crippen LogP contribution in [-0.2, 0) is 0 Å². The van der Waals surface area contributed by atoms with Gasteiger partial charge in [-0.05, 0) is 24.7 Å². The predicted molar refractivity (Wildman–Crippen MR) is 63.7 cm³/mol. The number of aromatic nitrogens is 3. The van der Waals surface area contributed by atoms with Crippen molar-refractivity contribution in [1.82, 2.24) is 15.2 Å². The summed E-state index contributed by atoms with van der Waals surface area (Å²) in [6.45, 7) is 0. The summed E-state index contributed by atoms with van der Waals surface area (Å²) < 4.78 is 0. The third-order valence-corrected chi connectivity index (χ3v) is 4.17. The lowest BCUT2D eigenvalue weighted by Crippen LogP contribution is -2.14. The van der Waals surface area contributed by atoms with Crippen LogP contribution < -0.4 is 0 Å². The molecule has 1 aliphatic heterocycles. The molecule has 4 nitrogen and oxygen atoms in total. The van der Waals surface area contributed by atoms with Gasteiger partial charge in [0.25, 0.3) is 0 Å². The van der Waals surface area contributed by atoms with Gasteiger partial charge in [-0.1, -0.05) is 0 Å². The first kappa shape index (κ1) is 9.84. The number of nitrogens with zero attached hydrogens (tertiary/aromatic N) is 2. The molecule has 5 heteroatoms. The van der Waals surface area contributed by atoms with E-state index in [0.29, 0.717) is 5.56 Å². The molecule has 2 aromatic heterocycles. The molecule has 3 heterocycles. The molecule has 3 rings (SSSR count). The fraction of sp³-hybridized carbons (Fsp3) is 0.364. The van der Waals surface area contributed by atoms with Gasteiger partial charge in [-0.2, -0.15) is 16.9 Å². The molecule has 16 heavy (non-hydrogen) atoms. The molecule has 0 aliphatic carbocycles. The quantitative estimate of drug-likeness (QED) is 0.806. The largest absolute Gasteiger partial charge is 0.293 e. The van der Waals surface area contributed by atoms with E-state index in [-0.39, 0.29) is 11.0 Å². The van der Waals surface area contributed by atoms with E-state index in [1.807, 2.05) is 6.07 Å². The number of carbonyl (C=O) groups excluding carboxylic acids is 1. The molecule has 1 unspecified atom stereocenters. The molecule has 1 N–H and O–H groups in total. The van der Waals surface area contributed by atoms with Crippen molar-refractivity contribution in [2.45, 2.75) is 18.1 Å². The minimum Gasteiger partial charge on any atom is -0.293 e. The third-order valence-electron chi connectivity index (χ3n) is 2.80. The SMILES string of the molecule is O=C(c1cnc2[nH]ncc2c1)C1CCCS1. The first-order chi connectivity index (χ1) is 7.84. The van der Waals surface area contributed by atoms with E-state index in [1.165, 1.54) is 0 Å². The Labute approximate surface area is 96.8 Å². The molecule has 82 valence electrons. The first-order valence-electron chi connectivity index (χ1n) is 5.29. The Balaban J connectivity index is 1.95.